The van der Waals surface area contributed by atoms with Crippen LogP contribution in [0, 0.1) is 5.92 Å². The summed E-state index contributed by atoms with van der Waals surface area (Å²) >= 11 is 0. The molecule has 3 N–H and O–H groups in total. The zero-order chi connectivity index (χ0) is 22.5. The first kappa shape index (κ1) is 22.3. The van der Waals surface area contributed by atoms with Crippen molar-refractivity contribution >= 4 is 18.0 Å². The van der Waals surface area contributed by atoms with Gasteiger partial charge in [-0.3, -0.25) is 9.59 Å². The van der Waals surface area contributed by atoms with Crippen LogP contribution in [-0.2, 0) is 14.3 Å². The summed E-state index contributed by atoms with van der Waals surface area (Å²) in [5.41, 5.74) is 4.49. The number of carbonyl (C=O) groups is 3. The van der Waals surface area contributed by atoms with E-state index >= 15 is 0 Å². The Morgan fingerprint density at radius 1 is 0.935 bits per heavy atom. The Morgan fingerprint density at radius 2 is 1.48 bits per heavy atom. The second-order valence-corrected chi connectivity index (χ2v) is 8.20. The van der Waals surface area contributed by atoms with Crippen molar-refractivity contribution in [1.82, 2.24) is 10.6 Å². The maximum absolute atomic E-state index is 12.5. The summed E-state index contributed by atoms with van der Waals surface area (Å²) in [7, 11) is 0. The average molecular weight is 424 g/mol. The molecule has 0 heterocycles. The Bertz CT molecular complexity index is 926. The van der Waals surface area contributed by atoms with Gasteiger partial charge in [0.25, 0.3) is 0 Å². The van der Waals surface area contributed by atoms with Crippen molar-refractivity contribution in [2.24, 2.45) is 5.92 Å². The number of alkyl carbamates (subject to hydrolysis) is 1. The normalized spacial score (nSPS) is 14.3. The molecule has 2 atom stereocenters. The van der Waals surface area contributed by atoms with Crippen LogP contribution in [0.5, 0.6) is 0 Å². The minimum absolute atomic E-state index is 0.0694. The molecule has 1 aliphatic carbocycles. The first-order valence-corrected chi connectivity index (χ1v) is 10.4. The van der Waals surface area contributed by atoms with Gasteiger partial charge in [-0.15, -0.1) is 0 Å². The summed E-state index contributed by atoms with van der Waals surface area (Å²) in [4.78, 5) is 35.8. The number of carboxylic acid groups (broad SMARTS) is 1. The van der Waals surface area contributed by atoms with Crippen LogP contribution in [0.25, 0.3) is 11.1 Å². The highest BCUT2D eigenvalue weighted by atomic mass is 16.5. The summed E-state index contributed by atoms with van der Waals surface area (Å²) in [6, 6.07) is 14.7. The van der Waals surface area contributed by atoms with E-state index < -0.39 is 30.1 Å². The lowest BCUT2D eigenvalue weighted by atomic mass is 9.98. The van der Waals surface area contributed by atoms with Crippen molar-refractivity contribution in [2.45, 2.75) is 45.2 Å². The molecule has 7 heteroatoms. The minimum Gasteiger partial charge on any atom is -0.481 e. The molecule has 0 aliphatic heterocycles. The SMILES string of the molecule is CC(CC(=O)O)NC(=O)[C@H](NC(=O)OCC1c2ccccc2-c2ccccc21)C(C)C. The van der Waals surface area contributed by atoms with E-state index in [2.05, 4.69) is 22.8 Å². The number of hydrogen-bond acceptors (Lipinski definition) is 4. The number of nitrogens with one attached hydrogen (secondary N) is 2. The predicted molar refractivity (Wildman–Crippen MR) is 117 cm³/mol. The lowest BCUT2D eigenvalue weighted by Gasteiger charge is -2.24. The Labute approximate surface area is 181 Å². The molecule has 0 saturated carbocycles. The molecular formula is C24H28N2O5. The average Bonchev–Trinajstić information content (AvgIpc) is 3.03. The van der Waals surface area contributed by atoms with E-state index in [1.165, 1.54) is 0 Å². The second-order valence-electron chi connectivity index (χ2n) is 8.20. The van der Waals surface area contributed by atoms with Crippen LogP contribution in [0.4, 0.5) is 4.79 Å². The number of rotatable bonds is 8. The van der Waals surface area contributed by atoms with Crippen LogP contribution in [0.15, 0.2) is 48.5 Å². The lowest BCUT2D eigenvalue weighted by molar-refractivity contribution is -0.137. The fourth-order valence-electron chi connectivity index (χ4n) is 3.95. The van der Waals surface area contributed by atoms with E-state index in [0.717, 1.165) is 22.3 Å². The van der Waals surface area contributed by atoms with Crippen LogP contribution in [0.1, 0.15) is 44.2 Å². The van der Waals surface area contributed by atoms with E-state index in [1.807, 2.05) is 36.4 Å². The van der Waals surface area contributed by atoms with Gasteiger partial charge in [0, 0.05) is 12.0 Å². The van der Waals surface area contributed by atoms with Crippen LogP contribution in [0.2, 0.25) is 0 Å². The summed E-state index contributed by atoms with van der Waals surface area (Å²) in [5.74, 6) is -1.70. The number of amides is 2. The highest BCUT2D eigenvalue weighted by Crippen LogP contribution is 2.44. The maximum atomic E-state index is 12.5. The van der Waals surface area contributed by atoms with Crippen molar-refractivity contribution in [3.63, 3.8) is 0 Å². The van der Waals surface area contributed by atoms with Crippen LogP contribution >= 0.6 is 0 Å². The first-order valence-electron chi connectivity index (χ1n) is 10.4. The molecule has 3 rings (SSSR count). The monoisotopic (exact) mass is 424 g/mol. The van der Waals surface area contributed by atoms with Gasteiger partial charge < -0.3 is 20.5 Å². The van der Waals surface area contributed by atoms with E-state index in [4.69, 9.17) is 9.84 Å². The topological polar surface area (TPSA) is 105 Å². The zero-order valence-corrected chi connectivity index (χ0v) is 17.9. The number of carboxylic acids is 1. The molecule has 1 unspecified atom stereocenters. The van der Waals surface area contributed by atoms with Crippen LogP contribution in [-0.4, -0.2) is 41.8 Å². The summed E-state index contributed by atoms with van der Waals surface area (Å²) < 4.78 is 5.52. The van der Waals surface area contributed by atoms with Crippen molar-refractivity contribution in [3.05, 3.63) is 59.7 Å². The van der Waals surface area contributed by atoms with Gasteiger partial charge in [-0.1, -0.05) is 62.4 Å². The molecular weight excluding hydrogens is 396 g/mol. The Morgan fingerprint density at radius 3 is 2.00 bits per heavy atom. The van der Waals surface area contributed by atoms with Gasteiger partial charge in [-0.25, -0.2) is 4.79 Å². The molecule has 2 aromatic rings. The smallest absolute Gasteiger partial charge is 0.407 e. The molecule has 0 saturated heterocycles. The number of ether oxygens (including phenoxy) is 1. The molecule has 0 radical (unpaired) electrons. The third-order valence-electron chi connectivity index (χ3n) is 5.44. The van der Waals surface area contributed by atoms with Gasteiger partial charge in [0.1, 0.15) is 12.6 Å². The van der Waals surface area contributed by atoms with Crippen LogP contribution < -0.4 is 10.6 Å². The largest absolute Gasteiger partial charge is 0.481 e. The van der Waals surface area contributed by atoms with Gasteiger partial charge in [0.2, 0.25) is 5.91 Å². The number of aliphatic carboxylic acids is 1. The number of hydrogen-bond donors (Lipinski definition) is 3. The van der Waals surface area contributed by atoms with Gasteiger partial charge in [0.15, 0.2) is 0 Å². The molecule has 164 valence electrons. The van der Waals surface area contributed by atoms with Crippen LogP contribution in [0.3, 0.4) is 0 Å². The molecule has 0 fully saturated rings. The number of carbonyl (C=O) groups excluding carboxylic acids is 2. The second kappa shape index (κ2) is 9.64. The maximum Gasteiger partial charge on any atom is 0.407 e. The fraction of sp³-hybridized carbons (Fsp3) is 0.375. The Balaban J connectivity index is 1.63. The van der Waals surface area contributed by atoms with Gasteiger partial charge in [-0.05, 0) is 35.1 Å². The van der Waals surface area contributed by atoms with Crippen molar-refractivity contribution in [3.8, 4) is 11.1 Å². The molecule has 1 aliphatic rings. The fourth-order valence-corrected chi connectivity index (χ4v) is 3.95. The van der Waals surface area contributed by atoms with E-state index in [1.54, 1.807) is 20.8 Å². The Hall–Kier alpha value is -3.35. The quantitative estimate of drug-likeness (QED) is 0.601. The summed E-state index contributed by atoms with van der Waals surface area (Å²) in [6.07, 6.45) is -0.872. The van der Waals surface area contributed by atoms with Gasteiger partial charge in [0.05, 0.1) is 6.42 Å². The molecule has 0 aromatic heterocycles. The zero-order valence-electron chi connectivity index (χ0n) is 17.9. The molecule has 2 aromatic carbocycles. The highest BCUT2D eigenvalue weighted by Gasteiger charge is 2.30. The first-order chi connectivity index (χ1) is 14.8. The molecule has 0 spiro atoms. The van der Waals surface area contributed by atoms with Crippen molar-refractivity contribution in [1.29, 1.82) is 0 Å². The number of benzene rings is 2. The lowest BCUT2D eigenvalue weighted by Crippen LogP contribution is -2.52. The molecule has 2 amide bonds. The van der Waals surface area contributed by atoms with Crippen molar-refractivity contribution in [2.75, 3.05) is 6.61 Å². The third kappa shape index (κ3) is 5.23. The minimum atomic E-state index is -1.00. The number of fused-ring (bicyclic) bond motifs is 3. The standard InChI is InChI=1S/C24H28N2O5/c1-14(2)22(23(29)25-15(3)12-21(27)28)26-24(30)31-13-20-18-10-6-4-8-16(18)17-9-5-7-11-19(17)20/h4-11,14-15,20,22H,12-13H2,1-3H3,(H,25,29)(H,26,30)(H,27,28)/t15?,22-/m1/s1. The summed E-state index contributed by atoms with van der Waals surface area (Å²) in [6.45, 7) is 5.37. The Kier molecular flexibility index (Phi) is 6.95. The van der Waals surface area contributed by atoms with Gasteiger partial charge >= 0.3 is 12.1 Å². The highest BCUT2D eigenvalue weighted by molar-refractivity contribution is 5.86. The van der Waals surface area contributed by atoms with Crippen molar-refractivity contribution < 1.29 is 24.2 Å². The van der Waals surface area contributed by atoms with E-state index in [-0.39, 0.29) is 24.9 Å². The predicted octanol–water partition coefficient (Wildman–Crippen LogP) is 3.53. The van der Waals surface area contributed by atoms with Gasteiger partial charge in [-0.2, -0.15) is 0 Å². The summed E-state index contributed by atoms with van der Waals surface area (Å²) in [5, 5.41) is 14.1. The molecule has 7 nitrogen and oxygen atoms in total. The van der Waals surface area contributed by atoms with E-state index in [9.17, 15) is 14.4 Å². The molecule has 0 bridgehead atoms. The van der Waals surface area contributed by atoms with E-state index in [0.29, 0.717) is 0 Å². The third-order valence-corrected chi connectivity index (χ3v) is 5.44. The molecule has 31 heavy (non-hydrogen) atoms.